The Hall–Kier alpha value is -0.900. The van der Waals surface area contributed by atoms with E-state index in [1.807, 2.05) is 0 Å². The highest BCUT2D eigenvalue weighted by Gasteiger charge is 2.20. The fraction of sp³-hybridized carbons (Fsp3) is 0.682. The highest BCUT2D eigenvalue weighted by atomic mass is 127. The molecule has 0 bridgehead atoms. The van der Waals surface area contributed by atoms with Gasteiger partial charge in [-0.05, 0) is 30.9 Å². The second kappa shape index (κ2) is 15.9. The molecule has 0 spiro atoms. The van der Waals surface area contributed by atoms with E-state index >= 15 is 0 Å². The van der Waals surface area contributed by atoms with Crippen molar-refractivity contribution in [1.29, 1.82) is 0 Å². The average Bonchev–Trinajstić information content (AvgIpc) is 2.74. The summed E-state index contributed by atoms with van der Waals surface area (Å²) in [5.41, 5.74) is 2.95. The van der Waals surface area contributed by atoms with E-state index in [-0.39, 0.29) is 24.0 Å². The molecular weight excluding hydrogens is 479 g/mol. The van der Waals surface area contributed by atoms with Gasteiger partial charge in [0.25, 0.3) is 0 Å². The number of aliphatic imine (C=N–C) groups is 1. The number of nitrogens with zero attached hydrogens (tertiary/aromatic N) is 2. The van der Waals surface area contributed by atoms with Crippen LogP contribution in [-0.4, -0.2) is 70.0 Å². The van der Waals surface area contributed by atoms with Gasteiger partial charge in [0.15, 0.2) is 5.96 Å². The number of ether oxygens (including phenoxy) is 2. The molecule has 0 saturated carbocycles. The van der Waals surface area contributed by atoms with Crippen LogP contribution in [0, 0.1) is 0 Å². The van der Waals surface area contributed by atoms with Crippen molar-refractivity contribution in [3.05, 3.63) is 35.4 Å². The van der Waals surface area contributed by atoms with Crippen molar-refractivity contribution < 1.29 is 9.47 Å². The minimum Gasteiger partial charge on any atom is -0.379 e. The summed E-state index contributed by atoms with van der Waals surface area (Å²) < 4.78 is 11.1. The fourth-order valence-corrected chi connectivity index (χ4v) is 3.30. The molecule has 0 aromatic heterocycles. The molecule has 1 atom stereocenters. The van der Waals surface area contributed by atoms with Crippen molar-refractivity contribution in [3.8, 4) is 0 Å². The molecular formula is C22H39IN4O2. The Morgan fingerprint density at radius 1 is 1.10 bits per heavy atom. The molecule has 0 radical (unpaired) electrons. The topological polar surface area (TPSA) is 58.1 Å². The summed E-state index contributed by atoms with van der Waals surface area (Å²) in [4.78, 5) is 6.84. The van der Waals surface area contributed by atoms with Crippen LogP contribution < -0.4 is 10.6 Å². The van der Waals surface area contributed by atoms with Crippen LogP contribution in [0.2, 0.25) is 0 Å². The summed E-state index contributed by atoms with van der Waals surface area (Å²) >= 11 is 0. The van der Waals surface area contributed by atoms with E-state index in [1.165, 1.54) is 17.5 Å². The molecule has 2 rings (SSSR count). The summed E-state index contributed by atoms with van der Waals surface area (Å²) in [6.07, 6.45) is 3.42. The molecule has 2 N–H and O–H groups in total. The van der Waals surface area contributed by atoms with E-state index in [0.29, 0.717) is 25.9 Å². The Labute approximate surface area is 193 Å². The molecule has 6 nitrogen and oxygen atoms in total. The maximum atomic E-state index is 5.58. The van der Waals surface area contributed by atoms with Gasteiger partial charge in [-0.3, -0.25) is 9.89 Å². The summed E-state index contributed by atoms with van der Waals surface area (Å²) in [7, 11) is 1.81. The minimum absolute atomic E-state index is 0. The monoisotopic (exact) mass is 518 g/mol. The molecule has 1 unspecified atom stereocenters. The van der Waals surface area contributed by atoms with Crippen molar-refractivity contribution in [1.82, 2.24) is 15.5 Å². The van der Waals surface area contributed by atoms with E-state index in [0.717, 1.165) is 51.6 Å². The third-order valence-electron chi connectivity index (χ3n) is 5.13. The lowest BCUT2D eigenvalue weighted by molar-refractivity contribution is 0.0487. The highest BCUT2D eigenvalue weighted by molar-refractivity contribution is 14.0. The Bertz CT molecular complexity index is 586. The lowest BCUT2D eigenvalue weighted by Crippen LogP contribution is -2.47. The molecule has 29 heavy (non-hydrogen) atoms. The van der Waals surface area contributed by atoms with Crippen LogP contribution in [0.4, 0.5) is 0 Å². The molecule has 7 heteroatoms. The number of unbranched alkanes of at least 4 members (excludes halogenated alkanes) is 1. The standard InChI is InChI=1S/C22H38N4O2.HI/c1-4-5-13-27-15-16-28-14-11-24-22(23-3)25-17-19(2)26-12-10-20-8-6-7-9-21(20)18-26;/h6-9,19H,4-5,10-18H2,1-3H3,(H2,23,24,25);1H. The molecule has 1 aliphatic heterocycles. The molecule has 0 aliphatic carbocycles. The first-order valence-corrected chi connectivity index (χ1v) is 10.7. The van der Waals surface area contributed by atoms with Gasteiger partial charge in [-0.15, -0.1) is 24.0 Å². The molecule has 1 aromatic carbocycles. The molecule has 1 aromatic rings. The zero-order valence-corrected chi connectivity index (χ0v) is 20.6. The molecule has 0 amide bonds. The first-order valence-electron chi connectivity index (χ1n) is 10.7. The van der Waals surface area contributed by atoms with Crippen molar-refractivity contribution in [2.45, 2.75) is 45.7 Å². The average molecular weight is 518 g/mol. The first-order chi connectivity index (χ1) is 13.7. The lowest BCUT2D eigenvalue weighted by atomic mass is 9.99. The Balaban J connectivity index is 0.00000420. The smallest absolute Gasteiger partial charge is 0.191 e. The van der Waals surface area contributed by atoms with Crippen LogP contribution in [0.1, 0.15) is 37.8 Å². The number of halogens is 1. The van der Waals surface area contributed by atoms with Crippen LogP contribution in [0.5, 0.6) is 0 Å². The number of benzene rings is 1. The number of fused-ring (bicyclic) bond motifs is 1. The zero-order chi connectivity index (χ0) is 20.0. The van der Waals surface area contributed by atoms with E-state index in [9.17, 15) is 0 Å². The van der Waals surface area contributed by atoms with Gasteiger partial charge >= 0.3 is 0 Å². The van der Waals surface area contributed by atoms with E-state index in [4.69, 9.17) is 9.47 Å². The largest absolute Gasteiger partial charge is 0.379 e. The Morgan fingerprint density at radius 3 is 2.55 bits per heavy atom. The predicted octanol–water partition coefficient (Wildman–Crippen LogP) is 3.05. The molecule has 166 valence electrons. The summed E-state index contributed by atoms with van der Waals surface area (Å²) in [6.45, 7) is 11.0. The maximum Gasteiger partial charge on any atom is 0.191 e. The number of nitrogens with one attached hydrogen (secondary N) is 2. The molecule has 0 saturated heterocycles. The van der Waals surface area contributed by atoms with Gasteiger partial charge in [-0.2, -0.15) is 0 Å². The molecule has 0 fully saturated rings. The van der Waals surface area contributed by atoms with E-state index in [2.05, 4.69) is 58.6 Å². The second-order valence-corrected chi connectivity index (χ2v) is 7.30. The number of rotatable bonds is 12. The highest BCUT2D eigenvalue weighted by Crippen LogP contribution is 2.19. The van der Waals surface area contributed by atoms with Gasteiger partial charge in [0.05, 0.1) is 19.8 Å². The van der Waals surface area contributed by atoms with Crippen molar-refractivity contribution in [3.63, 3.8) is 0 Å². The Morgan fingerprint density at radius 2 is 1.83 bits per heavy atom. The van der Waals surface area contributed by atoms with Crippen molar-refractivity contribution in [2.24, 2.45) is 4.99 Å². The molecule has 1 heterocycles. The van der Waals surface area contributed by atoms with Crippen LogP contribution in [0.3, 0.4) is 0 Å². The summed E-state index contributed by atoms with van der Waals surface area (Å²) in [6, 6.07) is 9.22. The summed E-state index contributed by atoms with van der Waals surface area (Å²) in [5.74, 6) is 0.826. The minimum atomic E-state index is 0. The van der Waals surface area contributed by atoms with Crippen LogP contribution in [0.25, 0.3) is 0 Å². The quantitative estimate of drug-likeness (QED) is 0.193. The normalized spacial score (nSPS) is 15.3. The van der Waals surface area contributed by atoms with Gasteiger partial charge < -0.3 is 20.1 Å². The van der Waals surface area contributed by atoms with Gasteiger partial charge in [-0.25, -0.2) is 0 Å². The lowest BCUT2D eigenvalue weighted by Gasteiger charge is -2.34. The van der Waals surface area contributed by atoms with E-state index in [1.54, 1.807) is 7.05 Å². The third-order valence-corrected chi connectivity index (χ3v) is 5.13. The van der Waals surface area contributed by atoms with Crippen LogP contribution in [0.15, 0.2) is 29.3 Å². The fourth-order valence-electron chi connectivity index (χ4n) is 3.30. The zero-order valence-electron chi connectivity index (χ0n) is 18.3. The summed E-state index contributed by atoms with van der Waals surface area (Å²) in [5, 5.41) is 6.74. The van der Waals surface area contributed by atoms with Gasteiger partial charge in [0, 0.05) is 45.9 Å². The van der Waals surface area contributed by atoms with Crippen molar-refractivity contribution >= 4 is 29.9 Å². The second-order valence-electron chi connectivity index (χ2n) is 7.30. The first kappa shape index (κ1) is 26.1. The van der Waals surface area contributed by atoms with Gasteiger partial charge in [-0.1, -0.05) is 37.6 Å². The van der Waals surface area contributed by atoms with Crippen LogP contribution in [-0.2, 0) is 22.4 Å². The third kappa shape index (κ3) is 10.1. The van der Waals surface area contributed by atoms with Gasteiger partial charge in [0.1, 0.15) is 0 Å². The SMILES string of the molecule is CCCCOCCOCCNC(=NC)NCC(C)N1CCc2ccccc2C1.I. The number of hydrogen-bond acceptors (Lipinski definition) is 4. The predicted molar refractivity (Wildman–Crippen MR) is 131 cm³/mol. The van der Waals surface area contributed by atoms with E-state index < -0.39 is 0 Å². The van der Waals surface area contributed by atoms with Crippen LogP contribution >= 0.6 is 24.0 Å². The van der Waals surface area contributed by atoms with Crippen molar-refractivity contribution in [2.75, 3.05) is 53.1 Å². The Kier molecular flexibility index (Phi) is 14.3. The van der Waals surface area contributed by atoms with Gasteiger partial charge in [0.2, 0.25) is 0 Å². The molecule has 1 aliphatic rings. The number of guanidine groups is 1. The number of hydrogen-bond donors (Lipinski definition) is 2. The maximum absolute atomic E-state index is 5.58.